The van der Waals surface area contributed by atoms with Crippen LogP contribution in [0.3, 0.4) is 0 Å². The van der Waals surface area contributed by atoms with Gasteiger partial charge in [0.05, 0.1) is 17.5 Å². The molecule has 2 aromatic rings. The van der Waals surface area contributed by atoms with Crippen molar-refractivity contribution in [2.75, 3.05) is 24.6 Å². The number of sulfonamides is 1. The number of ether oxygens (including phenoxy) is 1. The molecule has 7 nitrogen and oxygen atoms in total. The summed E-state index contributed by atoms with van der Waals surface area (Å²) in [5, 5.41) is 10.7. The summed E-state index contributed by atoms with van der Waals surface area (Å²) in [6, 6.07) is 11.1. The van der Waals surface area contributed by atoms with Gasteiger partial charge in [0.25, 0.3) is 5.91 Å². The summed E-state index contributed by atoms with van der Waals surface area (Å²) in [7, 11) is -3.87. The van der Waals surface area contributed by atoms with Crippen molar-refractivity contribution in [3.63, 3.8) is 0 Å². The Morgan fingerprint density at radius 2 is 1.93 bits per heavy atom. The van der Waals surface area contributed by atoms with Crippen molar-refractivity contribution >= 4 is 33.2 Å². The second-order valence-corrected chi connectivity index (χ2v) is 15.1. The summed E-state index contributed by atoms with van der Waals surface area (Å²) in [5.74, 6) is 0.693. The van der Waals surface area contributed by atoms with Gasteiger partial charge in [0.1, 0.15) is 12.4 Å². The van der Waals surface area contributed by atoms with E-state index < -0.39 is 21.2 Å². The van der Waals surface area contributed by atoms with Gasteiger partial charge in [0.2, 0.25) is 10.0 Å². The van der Waals surface area contributed by atoms with E-state index in [2.05, 4.69) is 21.8 Å². The molecule has 1 unspecified atom stereocenters. The number of benzene rings is 2. The Hall–Kier alpha value is -2.55. The van der Waals surface area contributed by atoms with Crippen molar-refractivity contribution in [1.82, 2.24) is 4.72 Å². The standard InChI is InChI=1S/C33H41ClN2O5S/c34-28-11-9-26-21-41-31-12-10-25-19-30(31)36(16-4-2-5-24(26)18-28)20-27-13-15-33(27,22-37)14-3-1-6-29(17-23-7-8-23)42(39,40)35-32(25)38/h3,9-12,14,18-19,23,27,29,37H,1-2,4-8,13,15-17,20-22H2,(H,35,38)/b14-3-/t27-,29-,33?/m0/s1. The number of anilines is 1. The van der Waals surface area contributed by atoms with Crippen LogP contribution in [0.1, 0.15) is 79.3 Å². The molecule has 2 heterocycles. The molecular formula is C33H41ClN2O5S. The summed E-state index contributed by atoms with van der Waals surface area (Å²) in [6.07, 6.45) is 12.6. The minimum absolute atomic E-state index is 0.0608. The van der Waals surface area contributed by atoms with E-state index in [1.54, 1.807) is 18.2 Å². The van der Waals surface area contributed by atoms with Crippen LogP contribution in [-0.2, 0) is 23.1 Å². The van der Waals surface area contributed by atoms with E-state index in [0.29, 0.717) is 54.7 Å². The average molecular weight is 613 g/mol. The Morgan fingerprint density at radius 1 is 1.07 bits per heavy atom. The van der Waals surface area contributed by atoms with E-state index in [1.807, 2.05) is 18.2 Å². The average Bonchev–Trinajstić information content (AvgIpc) is 3.78. The van der Waals surface area contributed by atoms with E-state index in [9.17, 15) is 18.3 Å². The van der Waals surface area contributed by atoms with Gasteiger partial charge in [-0.15, -0.1) is 0 Å². The zero-order valence-electron chi connectivity index (χ0n) is 24.1. The molecule has 42 heavy (non-hydrogen) atoms. The first-order valence-corrected chi connectivity index (χ1v) is 17.3. The Morgan fingerprint density at radius 3 is 2.69 bits per heavy atom. The fourth-order valence-electron chi connectivity index (χ4n) is 6.81. The number of allylic oxidation sites excluding steroid dienone is 1. The second-order valence-electron chi connectivity index (χ2n) is 12.7. The molecular weight excluding hydrogens is 572 g/mol. The van der Waals surface area contributed by atoms with Crippen molar-refractivity contribution in [3.8, 4) is 5.75 Å². The van der Waals surface area contributed by atoms with Gasteiger partial charge >= 0.3 is 0 Å². The number of halogens is 1. The molecule has 0 saturated heterocycles. The maximum absolute atomic E-state index is 13.5. The maximum atomic E-state index is 13.5. The molecule has 2 fully saturated rings. The van der Waals surface area contributed by atoms with E-state index in [-0.39, 0.29) is 17.9 Å². The van der Waals surface area contributed by atoms with Gasteiger partial charge in [-0.2, -0.15) is 0 Å². The summed E-state index contributed by atoms with van der Waals surface area (Å²) in [6.45, 7) is 1.89. The summed E-state index contributed by atoms with van der Waals surface area (Å²) >= 11 is 6.31. The molecule has 6 rings (SSSR count). The van der Waals surface area contributed by atoms with Crippen LogP contribution in [0.2, 0.25) is 5.02 Å². The van der Waals surface area contributed by atoms with Crippen molar-refractivity contribution in [2.24, 2.45) is 17.3 Å². The third-order valence-corrected chi connectivity index (χ3v) is 11.8. The number of carbonyl (C=O) groups is 1. The fourth-order valence-corrected chi connectivity index (χ4v) is 8.52. The number of aliphatic hydroxyl groups excluding tert-OH is 1. The van der Waals surface area contributed by atoms with Gasteiger partial charge in [0.15, 0.2) is 0 Å². The minimum atomic E-state index is -3.87. The van der Waals surface area contributed by atoms with Crippen molar-refractivity contribution in [2.45, 2.75) is 76.1 Å². The van der Waals surface area contributed by atoms with Crippen LogP contribution in [0.5, 0.6) is 5.75 Å². The van der Waals surface area contributed by atoms with Crippen LogP contribution in [0, 0.1) is 17.3 Å². The SMILES string of the molecule is O=C1NS(=O)(=O)[C@H](CC2CC2)CC/C=C\C2(CO)CC[C@H]2CN2CCCCc3cc(Cl)ccc3COc3ccc1cc32. The quantitative estimate of drug-likeness (QED) is 0.411. The lowest BCUT2D eigenvalue weighted by Gasteiger charge is -2.49. The normalized spacial score (nSPS) is 28.7. The molecule has 3 atom stereocenters. The number of amides is 1. The third kappa shape index (κ3) is 6.36. The smallest absolute Gasteiger partial charge is 0.264 e. The van der Waals surface area contributed by atoms with E-state index in [0.717, 1.165) is 62.7 Å². The van der Waals surface area contributed by atoms with Crippen LogP contribution in [-0.4, -0.2) is 44.4 Å². The van der Waals surface area contributed by atoms with Gasteiger partial charge < -0.3 is 14.7 Å². The summed E-state index contributed by atoms with van der Waals surface area (Å²) in [4.78, 5) is 15.7. The second kappa shape index (κ2) is 12.2. The zero-order valence-corrected chi connectivity index (χ0v) is 25.6. The molecule has 0 aromatic heterocycles. The lowest BCUT2D eigenvalue weighted by atomic mass is 9.60. The Balaban J connectivity index is 1.39. The number of aryl methyl sites for hydroxylation is 1. The Kier molecular flexibility index (Phi) is 8.58. The van der Waals surface area contributed by atoms with E-state index in [1.165, 1.54) is 5.56 Å². The van der Waals surface area contributed by atoms with Crippen LogP contribution in [0.25, 0.3) is 0 Å². The number of rotatable bonds is 3. The number of aliphatic hydroxyl groups is 1. The number of nitrogens with one attached hydrogen (secondary N) is 1. The highest BCUT2D eigenvalue weighted by atomic mass is 35.5. The molecule has 2 aliphatic heterocycles. The minimum Gasteiger partial charge on any atom is -0.487 e. The van der Waals surface area contributed by atoms with Crippen LogP contribution < -0.4 is 14.4 Å². The molecule has 226 valence electrons. The Labute approximate surface area is 254 Å². The fraction of sp³-hybridized carbons (Fsp3) is 0.545. The lowest BCUT2D eigenvalue weighted by Crippen LogP contribution is -2.48. The monoisotopic (exact) mass is 612 g/mol. The topological polar surface area (TPSA) is 95.9 Å². The molecule has 0 radical (unpaired) electrons. The van der Waals surface area contributed by atoms with Gasteiger partial charge in [-0.1, -0.05) is 42.7 Å². The first-order valence-electron chi connectivity index (χ1n) is 15.4. The first-order chi connectivity index (χ1) is 20.3. The number of hydrogen-bond donors (Lipinski definition) is 2. The van der Waals surface area contributed by atoms with Gasteiger partial charge in [0, 0.05) is 29.1 Å². The van der Waals surface area contributed by atoms with Crippen LogP contribution in [0.15, 0.2) is 48.6 Å². The van der Waals surface area contributed by atoms with Gasteiger partial charge in [-0.25, -0.2) is 13.1 Å². The predicted octanol–water partition coefficient (Wildman–Crippen LogP) is 6.03. The Bertz CT molecular complexity index is 1450. The zero-order chi connectivity index (χ0) is 29.3. The predicted molar refractivity (Wildman–Crippen MR) is 166 cm³/mol. The van der Waals surface area contributed by atoms with Crippen molar-refractivity contribution < 1.29 is 23.1 Å². The van der Waals surface area contributed by atoms with Gasteiger partial charge in [-0.3, -0.25) is 4.79 Å². The van der Waals surface area contributed by atoms with E-state index >= 15 is 0 Å². The van der Waals surface area contributed by atoms with Gasteiger partial charge in [-0.05, 0) is 105 Å². The molecule has 2 aromatic carbocycles. The summed E-state index contributed by atoms with van der Waals surface area (Å²) in [5.41, 5.74) is 3.02. The molecule has 4 aliphatic rings. The molecule has 2 N–H and O–H groups in total. The highest BCUT2D eigenvalue weighted by molar-refractivity contribution is 7.90. The van der Waals surface area contributed by atoms with Crippen LogP contribution >= 0.6 is 11.6 Å². The molecule has 2 bridgehead atoms. The first kappa shape index (κ1) is 29.5. The molecule has 1 amide bonds. The third-order valence-electron chi connectivity index (χ3n) is 9.82. The highest BCUT2D eigenvalue weighted by Crippen LogP contribution is 2.49. The number of carbonyl (C=O) groups excluding carboxylic acids is 1. The summed E-state index contributed by atoms with van der Waals surface area (Å²) < 4.78 is 35.8. The molecule has 0 spiro atoms. The number of nitrogens with zero attached hydrogens (tertiary/aromatic N) is 1. The van der Waals surface area contributed by atoms with E-state index in [4.69, 9.17) is 16.3 Å². The number of fused-ring (bicyclic) bond motifs is 3. The van der Waals surface area contributed by atoms with Crippen molar-refractivity contribution in [3.05, 3.63) is 70.3 Å². The molecule has 2 aliphatic carbocycles. The van der Waals surface area contributed by atoms with Crippen molar-refractivity contribution in [1.29, 1.82) is 0 Å². The highest BCUT2D eigenvalue weighted by Gasteiger charge is 2.45. The maximum Gasteiger partial charge on any atom is 0.264 e. The largest absolute Gasteiger partial charge is 0.487 e. The molecule has 2 saturated carbocycles. The van der Waals surface area contributed by atoms with Crippen LogP contribution in [0.4, 0.5) is 5.69 Å². The number of hydrogen-bond acceptors (Lipinski definition) is 6. The molecule has 9 heteroatoms. The lowest BCUT2D eigenvalue weighted by molar-refractivity contribution is 0.0219.